The van der Waals surface area contributed by atoms with Crippen molar-refractivity contribution in [3.05, 3.63) is 34.4 Å². The van der Waals surface area contributed by atoms with Gasteiger partial charge in [0.05, 0.1) is 0 Å². The van der Waals surface area contributed by atoms with Crippen molar-refractivity contribution in [1.29, 1.82) is 0 Å². The monoisotopic (exact) mass is 239 g/mol. The molecule has 0 spiro atoms. The van der Waals surface area contributed by atoms with Crippen molar-refractivity contribution in [2.45, 2.75) is 27.2 Å². The lowest BCUT2D eigenvalue weighted by Crippen LogP contribution is -2.26. The summed E-state index contributed by atoms with van der Waals surface area (Å²) in [6, 6.07) is 4.38. The Hall–Kier alpha value is -1.02. The second kappa shape index (κ2) is 5.90. The van der Waals surface area contributed by atoms with Crippen LogP contribution in [0.1, 0.15) is 22.3 Å². The number of nitrogens with one attached hydrogen (secondary N) is 1. The predicted molar refractivity (Wildman–Crippen MR) is 68.1 cm³/mol. The van der Waals surface area contributed by atoms with Gasteiger partial charge in [-0.3, -0.25) is 4.79 Å². The van der Waals surface area contributed by atoms with Gasteiger partial charge in [0, 0.05) is 6.54 Å². The molecule has 0 aliphatic carbocycles. The fourth-order valence-electron chi connectivity index (χ4n) is 1.67. The van der Waals surface area contributed by atoms with E-state index in [1.165, 1.54) is 22.3 Å². The molecule has 0 saturated heterocycles. The predicted octanol–water partition coefficient (Wildman–Crippen LogP) is 2.51. The molecule has 0 heterocycles. The van der Waals surface area contributed by atoms with Crippen LogP contribution in [0.3, 0.4) is 0 Å². The van der Waals surface area contributed by atoms with Crippen molar-refractivity contribution in [3.8, 4) is 0 Å². The highest BCUT2D eigenvalue weighted by Crippen LogP contribution is 2.15. The van der Waals surface area contributed by atoms with Crippen LogP contribution in [0, 0.1) is 20.8 Å². The van der Waals surface area contributed by atoms with Crippen LogP contribution in [0.4, 0.5) is 0 Å². The first-order valence-electron chi connectivity index (χ1n) is 5.44. The molecule has 1 aromatic rings. The Morgan fingerprint density at radius 3 is 2.44 bits per heavy atom. The Morgan fingerprint density at radius 2 is 1.81 bits per heavy atom. The van der Waals surface area contributed by atoms with Gasteiger partial charge in [-0.15, -0.1) is 11.6 Å². The number of rotatable bonds is 4. The van der Waals surface area contributed by atoms with Gasteiger partial charge < -0.3 is 5.32 Å². The van der Waals surface area contributed by atoms with E-state index in [9.17, 15) is 4.79 Å². The molecule has 0 unspecified atom stereocenters. The summed E-state index contributed by atoms with van der Waals surface area (Å²) < 4.78 is 0. The number of halogens is 1. The Morgan fingerprint density at radius 1 is 1.19 bits per heavy atom. The number of amides is 1. The summed E-state index contributed by atoms with van der Waals surface area (Å²) in [7, 11) is 0. The number of alkyl halides is 1. The van der Waals surface area contributed by atoms with Gasteiger partial charge in [-0.05, 0) is 49.4 Å². The molecule has 1 aromatic carbocycles. The first-order valence-corrected chi connectivity index (χ1v) is 5.97. The second-order valence-electron chi connectivity index (χ2n) is 4.10. The summed E-state index contributed by atoms with van der Waals surface area (Å²) >= 11 is 5.40. The van der Waals surface area contributed by atoms with Gasteiger partial charge in [0.1, 0.15) is 5.88 Å². The van der Waals surface area contributed by atoms with Crippen LogP contribution in [-0.4, -0.2) is 18.3 Å². The number of carbonyl (C=O) groups is 1. The molecule has 1 amide bonds. The molecule has 0 aliphatic heterocycles. The first kappa shape index (κ1) is 13.0. The van der Waals surface area contributed by atoms with E-state index >= 15 is 0 Å². The topological polar surface area (TPSA) is 29.1 Å². The molecule has 0 atom stereocenters. The van der Waals surface area contributed by atoms with Gasteiger partial charge in [0.2, 0.25) is 5.91 Å². The molecular formula is C13H18ClNO. The van der Waals surface area contributed by atoms with Gasteiger partial charge in [-0.2, -0.15) is 0 Å². The Kier molecular flexibility index (Phi) is 4.81. The van der Waals surface area contributed by atoms with Crippen LogP contribution in [-0.2, 0) is 11.2 Å². The molecule has 0 radical (unpaired) electrons. The number of carbonyl (C=O) groups excluding carboxylic acids is 1. The number of benzene rings is 1. The van der Waals surface area contributed by atoms with Crippen molar-refractivity contribution in [1.82, 2.24) is 5.32 Å². The van der Waals surface area contributed by atoms with Gasteiger partial charge in [-0.25, -0.2) is 0 Å². The number of aryl methyl sites for hydroxylation is 3. The zero-order chi connectivity index (χ0) is 12.1. The SMILES string of the molecule is Cc1cc(C)c(CCNC(=O)CCl)cc1C. The molecule has 0 fully saturated rings. The van der Waals surface area contributed by atoms with E-state index in [1.807, 2.05) is 0 Å². The molecule has 0 aliphatic rings. The maximum absolute atomic E-state index is 11.0. The Labute approximate surface area is 102 Å². The Balaban J connectivity index is 2.60. The summed E-state index contributed by atoms with van der Waals surface area (Å²) in [5.74, 6) is -0.0746. The molecule has 16 heavy (non-hydrogen) atoms. The van der Waals surface area contributed by atoms with E-state index in [2.05, 4.69) is 38.2 Å². The molecule has 1 rings (SSSR count). The zero-order valence-electron chi connectivity index (χ0n) is 10.1. The summed E-state index contributed by atoms with van der Waals surface area (Å²) in [5, 5.41) is 2.77. The molecule has 0 saturated carbocycles. The largest absolute Gasteiger partial charge is 0.355 e. The van der Waals surface area contributed by atoms with Crippen LogP contribution in [0.2, 0.25) is 0 Å². The van der Waals surface area contributed by atoms with Gasteiger partial charge in [0.15, 0.2) is 0 Å². The van der Waals surface area contributed by atoms with E-state index in [0.29, 0.717) is 6.54 Å². The highest BCUT2D eigenvalue weighted by Gasteiger charge is 2.03. The lowest BCUT2D eigenvalue weighted by atomic mass is 9.99. The molecule has 0 bridgehead atoms. The van der Waals surface area contributed by atoms with Gasteiger partial charge in [-0.1, -0.05) is 12.1 Å². The smallest absolute Gasteiger partial charge is 0.234 e. The molecule has 88 valence electrons. The van der Waals surface area contributed by atoms with Crippen LogP contribution < -0.4 is 5.32 Å². The lowest BCUT2D eigenvalue weighted by Gasteiger charge is -2.10. The van der Waals surface area contributed by atoms with Crippen LogP contribution >= 0.6 is 11.6 Å². The number of hydrogen-bond donors (Lipinski definition) is 1. The average molecular weight is 240 g/mol. The minimum atomic E-state index is -0.108. The third kappa shape index (κ3) is 3.53. The highest BCUT2D eigenvalue weighted by atomic mass is 35.5. The molecule has 3 heteroatoms. The van der Waals surface area contributed by atoms with E-state index < -0.39 is 0 Å². The molecule has 0 aromatic heterocycles. The molecular weight excluding hydrogens is 222 g/mol. The first-order chi connectivity index (χ1) is 7.54. The maximum Gasteiger partial charge on any atom is 0.234 e. The quantitative estimate of drug-likeness (QED) is 0.804. The third-order valence-corrected chi connectivity index (χ3v) is 3.03. The van der Waals surface area contributed by atoms with E-state index in [1.54, 1.807) is 0 Å². The summed E-state index contributed by atoms with van der Waals surface area (Å²) in [6.07, 6.45) is 0.857. The average Bonchev–Trinajstić information content (AvgIpc) is 2.25. The summed E-state index contributed by atoms with van der Waals surface area (Å²) in [6.45, 7) is 6.97. The zero-order valence-corrected chi connectivity index (χ0v) is 10.8. The van der Waals surface area contributed by atoms with Gasteiger partial charge >= 0.3 is 0 Å². The summed E-state index contributed by atoms with van der Waals surface area (Å²) in [4.78, 5) is 11.0. The van der Waals surface area contributed by atoms with Crippen molar-refractivity contribution < 1.29 is 4.79 Å². The van der Waals surface area contributed by atoms with Crippen LogP contribution in [0.5, 0.6) is 0 Å². The van der Waals surface area contributed by atoms with Crippen molar-refractivity contribution in [2.75, 3.05) is 12.4 Å². The second-order valence-corrected chi connectivity index (χ2v) is 4.36. The standard InChI is InChI=1S/C13H18ClNO/c1-9-6-11(3)12(7-10(9)2)4-5-15-13(16)8-14/h6-7H,4-5,8H2,1-3H3,(H,15,16). The van der Waals surface area contributed by atoms with E-state index in [-0.39, 0.29) is 11.8 Å². The normalized spacial score (nSPS) is 10.2. The summed E-state index contributed by atoms with van der Waals surface area (Å²) in [5.41, 5.74) is 5.18. The fraction of sp³-hybridized carbons (Fsp3) is 0.462. The molecule has 2 nitrogen and oxygen atoms in total. The molecule has 1 N–H and O–H groups in total. The Bertz CT molecular complexity index is 388. The lowest BCUT2D eigenvalue weighted by molar-refractivity contribution is -0.118. The van der Waals surface area contributed by atoms with Crippen molar-refractivity contribution in [3.63, 3.8) is 0 Å². The minimum absolute atomic E-state index is 0.0336. The van der Waals surface area contributed by atoms with Crippen LogP contribution in [0.15, 0.2) is 12.1 Å². The number of hydrogen-bond acceptors (Lipinski definition) is 1. The maximum atomic E-state index is 11.0. The van der Waals surface area contributed by atoms with E-state index in [4.69, 9.17) is 11.6 Å². The van der Waals surface area contributed by atoms with Gasteiger partial charge in [0.25, 0.3) is 0 Å². The fourth-order valence-corrected chi connectivity index (χ4v) is 1.77. The van der Waals surface area contributed by atoms with Crippen molar-refractivity contribution in [2.24, 2.45) is 0 Å². The van der Waals surface area contributed by atoms with Crippen molar-refractivity contribution >= 4 is 17.5 Å². The van der Waals surface area contributed by atoms with E-state index in [0.717, 1.165) is 6.42 Å². The minimum Gasteiger partial charge on any atom is -0.355 e. The third-order valence-electron chi connectivity index (χ3n) is 2.79. The highest BCUT2D eigenvalue weighted by molar-refractivity contribution is 6.27. The van der Waals surface area contributed by atoms with Crippen LogP contribution in [0.25, 0.3) is 0 Å².